The van der Waals surface area contributed by atoms with Crippen molar-refractivity contribution in [2.75, 3.05) is 13.4 Å². The van der Waals surface area contributed by atoms with Gasteiger partial charge in [-0.15, -0.1) is 0 Å². The van der Waals surface area contributed by atoms with Crippen molar-refractivity contribution in [3.05, 3.63) is 12.4 Å². The lowest BCUT2D eigenvalue weighted by Gasteiger charge is -2.07. The lowest BCUT2D eigenvalue weighted by atomic mass is 10.8. The zero-order valence-electron chi connectivity index (χ0n) is 3.96. The molecule has 0 spiro atoms. The van der Waals surface area contributed by atoms with Crippen molar-refractivity contribution in [2.45, 2.75) is 0 Å². The van der Waals surface area contributed by atoms with Crippen molar-refractivity contribution in [1.82, 2.24) is 10.2 Å². The highest BCUT2D eigenvalue weighted by Crippen LogP contribution is 1.89. The molecule has 3 heteroatoms. The maximum atomic E-state index is 8.40. The van der Waals surface area contributed by atoms with Crippen LogP contribution >= 0.6 is 0 Å². The molecule has 1 heterocycles. The highest BCUT2D eigenvalue weighted by Gasteiger charge is 1.96. The summed E-state index contributed by atoms with van der Waals surface area (Å²) in [6, 6.07) is 0. The van der Waals surface area contributed by atoms with Gasteiger partial charge in [-0.05, 0) is 0 Å². The van der Waals surface area contributed by atoms with Crippen LogP contribution in [0.2, 0.25) is 0 Å². The zero-order valence-corrected chi connectivity index (χ0v) is 3.96. The van der Waals surface area contributed by atoms with E-state index in [1.807, 2.05) is 0 Å². The zero-order chi connectivity index (χ0) is 5.11. The van der Waals surface area contributed by atoms with Gasteiger partial charge in [-0.1, -0.05) is 0 Å². The monoisotopic (exact) mass is 100 g/mol. The Morgan fingerprint density at radius 2 is 2.71 bits per heavy atom. The Kier molecular flexibility index (Phi) is 1.17. The van der Waals surface area contributed by atoms with Crippen LogP contribution in [0.3, 0.4) is 0 Å². The quantitative estimate of drug-likeness (QED) is 0.456. The van der Waals surface area contributed by atoms with Crippen molar-refractivity contribution >= 4 is 0 Å². The van der Waals surface area contributed by atoms with Gasteiger partial charge in [-0.25, -0.2) is 0 Å². The minimum Gasteiger partial charge on any atom is -0.376 e. The summed E-state index contributed by atoms with van der Waals surface area (Å²) in [5.74, 6) is 0. The van der Waals surface area contributed by atoms with Gasteiger partial charge in [0.25, 0.3) is 0 Å². The highest BCUT2D eigenvalue weighted by atomic mass is 16.3. The second kappa shape index (κ2) is 1.84. The molecule has 3 nitrogen and oxygen atoms in total. The Balaban J connectivity index is 2.28. The molecule has 1 aliphatic heterocycles. The van der Waals surface area contributed by atoms with Gasteiger partial charge in [0.2, 0.25) is 0 Å². The minimum atomic E-state index is 0.101. The Bertz CT molecular complexity index is 81.8. The maximum Gasteiger partial charge on any atom is 0.116 e. The van der Waals surface area contributed by atoms with Crippen LogP contribution in [-0.4, -0.2) is 23.4 Å². The number of aliphatic hydroxyl groups excluding tert-OH is 1. The van der Waals surface area contributed by atoms with Crippen molar-refractivity contribution in [3.8, 4) is 0 Å². The standard InChI is InChI=1S/C4H8N2O/c7-4-6-2-1-5-3-6/h1-2,5,7H,3-4H2. The second-order valence-electron chi connectivity index (χ2n) is 1.41. The first-order valence-electron chi connectivity index (χ1n) is 2.18. The molecule has 0 radical (unpaired) electrons. The molecule has 0 aromatic heterocycles. The number of nitrogens with one attached hydrogen (secondary N) is 1. The molecule has 40 valence electrons. The van der Waals surface area contributed by atoms with Gasteiger partial charge in [0.05, 0.1) is 6.67 Å². The molecule has 0 saturated heterocycles. The van der Waals surface area contributed by atoms with E-state index in [1.54, 1.807) is 17.3 Å². The molecule has 7 heavy (non-hydrogen) atoms. The van der Waals surface area contributed by atoms with Crippen LogP contribution in [0.5, 0.6) is 0 Å². The SMILES string of the molecule is OCN1C=CNC1. The van der Waals surface area contributed by atoms with Crippen molar-refractivity contribution in [2.24, 2.45) is 0 Å². The minimum absolute atomic E-state index is 0.101. The van der Waals surface area contributed by atoms with E-state index in [-0.39, 0.29) is 6.73 Å². The predicted octanol–water partition coefficient (Wildman–Crippen LogP) is -0.730. The van der Waals surface area contributed by atoms with Crippen LogP contribution in [0.1, 0.15) is 0 Å². The molecule has 0 aromatic carbocycles. The summed E-state index contributed by atoms with van der Waals surface area (Å²) >= 11 is 0. The van der Waals surface area contributed by atoms with Crippen molar-refractivity contribution in [1.29, 1.82) is 0 Å². The predicted molar refractivity (Wildman–Crippen MR) is 26.1 cm³/mol. The summed E-state index contributed by atoms with van der Waals surface area (Å²) in [6.07, 6.45) is 3.61. The third-order valence-corrected chi connectivity index (χ3v) is 0.879. The number of nitrogens with zero attached hydrogens (tertiary/aromatic N) is 1. The van der Waals surface area contributed by atoms with Crippen LogP contribution < -0.4 is 5.32 Å². The van der Waals surface area contributed by atoms with Crippen molar-refractivity contribution < 1.29 is 5.11 Å². The molecule has 0 atom stereocenters. The third kappa shape index (κ3) is 0.838. The first-order valence-corrected chi connectivity index (χ1v) is 2.18. The van der Waals surface area contributed by atoms with Gasteiger partial charge >= 0.3 is 0 Å². The van der Waals surface area contributed by atoms with Gasteiger partial charge < -0.3 is 15.3 Å². The molecule has 0 aromatic rings. The van der Waals surface area contributed by atoms with E-state index in [9.17, 15) is 0 Å². The van der Waals surface area contributed by atoms with Crippen LogP contribution in [0.25, 0.3) is 0 Å². The summed E-state index contributed by atoms with van der Waals surface area (Å²) in [7, 11) is 0. The van der Waals surface area contributed by atoms with E-state index < -0.39 is 0 Å². The van der Waals surface area contributed by atoms with Crippen LogP contribution in [0, 0.1) is 0 Å². The van der Waals surface area contributed by atoms with Crippen LogP contribution in [0.15, 0.2) is 12.4 Å². The first-order chi connectivity index (χ1) is 3.43. The molecule has 0 amide bonds. The Morgan fingerprint density at radius 1 is 1.86 bits per heavy atom. The normalized spacial score (nSPS) is 17.6. The smallest absolute Gasteiger partial charge is 0.116 e. The average Bonchev–Trinajstić information content (AvgIpc) is 2.14. The summed E-state index contributed by atoms with van der Waals surface area (Å²) < 4.78 is 0. The topological polar surface area (TPSA) is 35.5 Å². The first kappa shape index (κ1) is 4.46. The van der Waals surface area contributed by atoms with Gasteiger partial charge in [0, 0.05) is 12.4 Å². The van der Waals surface area contributed by atoms with Gasteiger partial charge in [0.15, 0.2) is 0 Å². The van der Waals surface area contributed by atoms with E-state index in [2.05, 4.69) is 5.32 Å². The van der Waals surface area contributed by atoms with Gasteiger partial charge in [-0.2, -0.15) is 0 Å². The molecule has 0 bridgehead atoms. The van der Waals surface area contributed by atoms with Gasteiger partial charge in [0.1, 0.15) is 6.73 Å². The molecule has 0 unspecified atom stereocenters. The van der Waals surface area contributed by atoms with Crippen LogP contribution in [0.4, 0.5) is 0 Å². The van der Waals surface area contributed by atoms with E-state index >= 15 is 0 Å². The molecule has 2 N–H and O–H groups in total. The Labute approximate surface area is 42.2 Å². The fourth-order valence-electron chi connectivity index (χ4n) is 0.478. The van der Waals surface area contributed by atoms with Gasteiger partial charge in [-0.3, -0.25) is 0 Å². The second-order valence-corrected chi connectivity index (χ2v) is 1.41. The summed E-state index contributed by atoms with van der Waals surface area (Å²) in [4.78, 5) is 1.75. The lowest BCUT2D eigenvalue weighted by Crippen LogP contribution is -2.20. The lowest BCUT2D eigenvalue weighted by molar-refractivity contribution is 0.157. The Morgan fingerprint density at radius 3 is 3.00 bits per heavy atom. The maximum absolute atomic E-state index is 8.40. The fourth-order valence-corrected chi connectivity index (χ4v) is 0.478. The fraction of sp³-hybridized carbons (Fsp3) is 0.500. The molecule has 1 aliphatic rings. The average molecular weight is 100 g/mol. The molecular formula is C4H8N2O. The van der Waals surface area contributed by atoms with E-state index in [4.69, 9.17) is 5.11 Å². The third-order valence-electron chi connectivity index (χ3n) is 0.879. The molecule has 0 fully saturated rings. The van der Waals surface area contributed by atoms with E-state index in [1.165, 1.54) is 0 Å². The largest absolute Gasteiger partial charge is 0.376 e. The number of hydrogen-bond acceptors (Lipinski definition) is 3. The Hall–Kier alpha value is -0.700. The molecule has 0 saturated carbocycles. The molecule has 0 aliphatic carbocycles. The number of rotatable bonds is 1. The number of aliphatic hydroxyl groups is 1. The van der Waals surface area contributed by atoms with E-state index in [0.717, 1.165) is 6.67 Å². The van der Waals surface area contributed by atoms with Crippen LogP contribution in [-0.2, 0) is 0 Å². The summed E-state index contributed by atoms with van der Waals surface area (Å²) in [6.45, 7) is 0.833. The number of hydrogen-bond donors (Lipinski definition) is 2. The summed E-state index contributed by atoms with van der Waals surface area (Å²) in [5, 5.41) is 11.3. The highest BCUT2D eigenvalue weighted by molar-refractivity contribution is 4.85. The summed E-state index contributed by atoms with van der Waals surface area (Å²) in [5.41, 5.74) is 0. The molecule has 1 rings (SSSR count). The van der Waals surface area contributed by atoms with E-state index in [0.29, 0.717) is 0 Å². The van der Waals surface area contributed by atoms with Crippen molar-refractivity contribution in [3.63, 3.8) is 0 Å². The molecular weight excluding hydrogens is 92.1 g/mol.